The third-order valence-corrected chi connectivity index (χ3v) is 5.66. The van der Waals surface area contributed by atoms with E-state index in [0.717, 1.165) is 35.8 Å². The quantitative estimate of drug-likeness (QED) is 0.651. The summed E-state index contributed by atoms with van der Waals surface area (Å²) in [7, 11) is 1.69. The van der Waals surface area contributed by atoms with Gasteiger partial charge in [0.05, 0.1) is 18.8 Å². The molecule has 1 unspecified atom stereocenters. The summed E-state index contributed by atoms with van der Waals surface area (Å²) in [6.07, 6.45) is 2.36. The van der Waals surface area contributed by atoms with Crippen molar-refractivity contribution >= 4 is 5.91 Å². The second kappa shape index (κ2) is 9.13. The van der Waals surface area contributed by atoms with Crippen molar-refractivity contribution in [1.29, 1.82) is 0 Å². The van der Waals surface area contributed by atoms with Gasteiger partial charge in [0.1, 0.15) is 5.75 Å². The first kappa shape index (κ1) is 20.2. The number of aromatic nitrogens is 2. The van der Waals surface area contributed by atoms with Crippen LogP contribution in [-0.4, -0.2) is 47.3 Å². The Morgan fingerprint density at radius 1 is 1.10 bits per heavy atom. The van der Waals surface area contributed by atoms with Gasteiger partial charge in [-0.3, -0.25) is 9.69 Å². The summed E-state index contributed by atoms with van der Waals surface area (Å²) in [4.78, 5) is 15.3. The van der Waals surface area contributed by atoms with Crippen molar-refractivity contribution in [3.8, 4) is 11.4 Å². The second-order valence-corrected chi connectivity index (χ2v) is 7.63. The van der Waals surface area contributed by atoms with E-state index in [9.17, 15) is 4.79 Å². The van der Waals surface area contributed by atoms with E-state index >= 15 is 0 Å². The summed E-state index contributed by atoms with van der Waals surface area (Å²) in [6, 6.07) is 19.8. The fourth-order valence-corrected chi connectivity index (χ4v) is 4.13. The van der Waals surface area contributed by atoms with Gasteiger partial charge in [-0.15, -0.1) is 0 Å². The number of methoxy groups -OCH3 is 1. The normalized spacial score (nSPS) is 15.1. The molecular formula is C24H28N4O2. The molecule has 1 aliphatic heterocycles. The molecule has 1 aromatic heterocycles. The SMILES string of the molecule is COc1ccccc1C(CNC(=O)c1cc(C)n(-c2ccccc2)n1)N1CCCC1. The van der Waals surface area contributed by atoms with Gasteiger partial charge in [-0.05, 0) is 57.1 Å². The van der Waals surface area contributed by atoms with Crippen LogP contribution in [0.3, 0.4) is 0 Å². The van der Waals surface area contributed by atoms with E-state index in [1.807, 2.05) is 61.5 Å². The number of ether oxygens (including phenoxy) is 1. The summed E-state index contributed by atoms with van der Waals surface area (Å²) in [5, 5.41) is 7.63. The number of aryl methyl sites for hydroxylation is 1. The largest absolute Gasteiger partial charge is 0.496 e. The maximum absolute atomic E-state index is 12.9. The van der Waals surface area contributed by atoms with Gasteiger partial charge in [0.15, 0.2) is 5.69 Å². The lowest BCUT2D eigenvalue weighted by molar-refractivity contribution is 0.0932. The molecule has 1 aliphatic rings. The van der Waals surface area contributed by atoms with Crippen LogP contribution < -0.4 is 10.1 Å². The van der Waals surface area contributed by atoms with Crippen LogP contribution in [0.1, 0.15) is 40.6 Å². The van der Waals surface area contributed by atoms with Crippen molar-refractivity contribution in [3.63, 3.8) is 0 Å². The summed E-state index contributed by atoms with van der Waals surface area (Å²) in [5.74, 6) is 0.694. The fraction of sp³-hybridized carbons (Fsp3) is 0.333. The van der Waals surface area contributed by atoms with Crippen LogP contribution in [0.4, 0.5) is 0 Å². The molecule has 0 bridgehead atoms. The zero-order valence-corrected chi connectivity index (χ0v) is 17.5. The van der Waals surface area contributed by atoms with E-state index < -0.39 is 0 Å². The summed E-state index contributed by atoms with van der Waals surface area (Å²) < 4.78 is 7.39. The Hall–Kier alpha value is -3.12. The molecule has 156 valence electrons. The van der Waals surface area contributed by atoms with E-state index in [4.69, 9.17) is 4.74 Å². The molecule has 4 rings (SSSR count). The number of benzene rings is 2. The van der Waals surface area contributed by atoms with Gasteiger partial charge in [0.2, 0.25) is 0 Å². The van der Waals surface area contributed by atoms with Gasteiger partial charge in [-0.1, -0.05) is 36.4 Å². The van der Waals surface area contributed by atoms with E-state index in [1.165, 1.54) is 12.8 Å². The maximum atomic E-state index is 12.9. The molecule has 6 heteroatoms. The first-order valence-electron chi connectivity index (χ1n) is 10.4. The summed E-state index contributed by atoms with van der Waals surface area (Å²) in [5.41, 5.74) is 3.40. The number of carbonyl (C=O) groups excluding carboxylic acids is 1. The fourth-order valence-electron chi connectivity index (χ4n) is 4.13. The molecule has 6 nitrogen and oxygen atoms in total. The molecule has 1 fully saturated rings. The zero-order valence-electron chi connectivity index (χ0n) is 17.5. The van der Waals surface area contributed by atoms with Crippen molar-refractivity contribution in [3.05, 3.63) is 77.6 Å². The Labute approximate surface area is 177 Å². The highest BCUT2D eigenvalue weighted by molar-refractivity contribution is 5.92. The van der Waals surface area contributed by atoms with Crippen LogP contribution in [-0.2, 0) is 0 Å². The predicted molar refractivity (Wildman–Crippen MR) is 117 cm³/mol. The highest BCUT2D eigenvalue weighted by Gasteiger charge is 2.26. The van der Waals surface area contributed by atoms with Crippen LogP contribution in [0.15, 0.2) is 60.7 Å². The number of hydrogen-bond donors (Lipinski definition) is 1. The Balaban J connectivity index is 1.52. The number of nitrogens with one attached hydrogen (secondary N) is 1. The topological polar surface area (TPSA) is 59.4 Å². The van der Waals surface area contributed by atoms with E-state index in [1.54, 1.807) is 11.8 Å². The van der Waals surface area contributed by atoms with Gasteiger partial charge >= 0.3 is 0 Å². The molecule has 0 radical (unpaired) electrons. The lowest BCUT2D eigenvalue weighted by Crippen LogP contribution is -2.37. The Bertz CT molecular complexity index is 993. The summed E-state index contributed by atoms with van der Waals surface area (Å²) in [6.45, 7) is 4.52. The number of hydrogen-bond acceptors (Lipinski definition) is 4. The maximum Gasteiger partial charge on any atom is 0.271 e. The van der Waals surface area contributed by atoms with Crippen molar-refractivity contribution in [2.75, 3.05) is 26.7 Å². The van der Waals surface area contributed by atoms with Gasteiger partial charge in [-0.2, -0.15) is 5.10 Å². The summed E-state index contributed by atoms with van der Waals surface area (Å²) >= 11 is 0. The van der Waals surface area contributed by atoms with Crippen LogP contribution in [0.2, 0.25) is 0 Å². The van der Waals surface area contributed by atoms with Crippen LogP contribution in [0, 0.1) is 6.92 Å². The van der Waals surface area contributed by atoms with Crippen LogP contribution >= 0.6 is 0 Å². The minimum absolute atomic E-state index is 0.0740. The average Bonchev–Trinajstić information content (AvgIpc) is 3.45. The minimum atomic E-state index is -0.160. The van der Waals surface area contributed by atoms with Gasteiger partial charge < -0.3 is 10.1 Å². The predicted octanol–water partition coefficient (Wildman–Crippen LogP) is 3.76. The minimum Gasteiger partial charge on any atom is -0.496 e. The first-order chi connectivity index (χ1) is 14.7. The highest BCUT2D eigenvalue weighted by Crippen LogP contribution is 2.31. The van der Waals surface area contributed by atoms with E-state index in [2.05, 4.69) is 21.4 Å². The molecule has 1 amide bonds. The first-order valence-corrected chi connectivity index (χ1v) is 10.4. The van der Waals surface area contributed by atoms with Crippen molar-refractivity contribution in [1.82, 2.24) is 20.0 Å². The van der Waals surface area contributed by atoms with E-state index in [0.29, 0.717) is 12.2 Å². The molecule has 0 saturated carbocycles. The molecule has 30 heavy (non-hydrogen) atoms. The van der Waals surface area contributed by atoms with Gasteiger partial charge in [0, 0.05) is 17.8 Å². The number of nitrogens with zero attached hydrogens (tertiary/aromatic N) is 3. The number of amides is 1. The zero-order chi connectivity index (χ0) is 20.9. The van der Waals surface area contributed by atoms with Crippen LogP contribution in [0.5, 0.6) is 5.75 Å². The lowest BCUT2D eigenvalue weighted by atomic mass is 10.0. The van der Waals surface area contributed by atoms with Crippen LogP contribution in [0.25, 0.3) is 5.69 Å². The number of likely N-dealkylation sites (tertiary alicyclic amines) is 1. The van der Waals surface area contributed by atoms with Gasteiger partial charge in [0.25, 0.3) is 5.91 Å². The molecule has 0 spiro atoms. The number of rotatable bonds is 7. The Kier molecular flexibility index (Phi) is 6.14. The highest BCUT2D eigenvalue weighted by atomic mass is 16.5. The van der Waals surface area contributed by atoms with E-state index in [-0.39, 0.29) is 11.9 Å². The molecule has 2 heterocycles. The monoisotopic (exact) mass is 404 g/mol. The molecule has 0 aliphatic carbocycles. The third-order valence-electron chi connectivity index (χ3n) is 5.66. The number of para-hydroxylation sites is 2. The molecular weight excluding hydrogens is 376 g/mol. The van der Waals surface area contributed by atoms with Crippen molar-refractivity contribution in [2.45, 2.75) is 25.8 Å². The Morgan fingerprint density at radius 2 is 1.80 bits per heavy atom. The molecule has 1 saturated heterocycles. The lowest BCUT2D eigenvalue weighted by Gasteiger charge is -2.29. The molecule has 3 aromatic rings. The Morgan fingerprint density at radius 3 is 2.53 bits per heavy atom. The molecule has 1 atom stereocenters. The molecule has 1 N–H and O–H groups in total. The second-order valence-electron chi connectivity index (χ2n) is 7.63. The smallest absolute Gasteiger partial charge is 0.271 e. The average molecular weight is 405 g/mol. The number of carbonyl (C=O) groups is 1. The van der Waals surface area contributed by atoms with Crippen molar-refractivity contribution in [2.24, 2.45) is 0 Å². The van der Waals surface area contributed by atoms with Gasteiger partial charge in [-0.25, -0.2) is 4.68 Å². The third kappa shape index (κ3) is 4.24. The molecule has 2 aromatic carbocycles. The standard InChI is InChI=1S/C24H28N4O2/c1-18-16-21(26-28(18)19-10-4-3-5-11-19)24(29)25-17-22(27-14-8-9-15-27)20-12-6-7-13-23(20)30-2/h3-7,10-13,16,22H,8-9,14-15,17H2,1-2H3,(H,25,29). The van der Waals surface area contributed by atoms with Crippen molar-refractivity contribution < 1.29 is 9.53 Å².